The van der Waals surface area contributed by atoms with E-state index < -0.39 is 10.0 Å². The molecule has 0 saturated heterocycles. The molecule has 0 bridgehead atoms. The molecule has 0 fully saturated rings. The minimum Gasteiger partial charge on any atom is -0.304 e. The Labute approximate surface area is 130 Å². The second-order valence-corrected chi connectivity index (χ2v) is 6.75. The Morgan fingerprint density at radius 2 is 1.95 bits per heavy atom. The fourth-order valence-corrected chi connectivity index (χ4v) is 3.06. The van der Waals surface area contributed by atoms with Gasteiger partial charge in [0.25, 0.3) is 0 Å². The van der Waals surface area contributed by atoms with Crippen LogP contribution in [-0.2, 0) is 10.0 Å². The maximum Gasteiger partial charge on any atom is 0.242 e. The van der Waals surface area contributed by atoms with Crippen LogP contribution in [0.4, 0.5) is 0 Å². The van der Waals surface area contributed by atoms with E-state index >= 15 is 0 Å². The van der Waals surface area contributed by atoms with Crippen LogP contribution in [0.5, 0.6) is 0 Å². The van der Waals surface area contributed by atoms with Crippen molar-refractivity contribution < 1.29 is 8.42 Å². The number of hydrogen-bond donors (Lipinski definition) is 1. The Morgan fingerprint density at radius 1 is 1.30 bits per heavy atom. The first-order valence-corrected chi connectivity index (χ1v) is 8.67. The lowest BCUT2D eigenvalue weighted by molar-refractivity contribution is 0.300. The lowest BCUT2D eigenvalue weighted by atomic mass is 10.4. The van der Waals surface area contributed by atoms with Crippen molar-refractivity contribution in [3.63, 3.8) is 0 Å². The molecule has 20 heavy (non-hydrogen) atoms. The van der Waals surface area contributed by atoms with Gasteiger partial charge >= 0.3 is 0 Å². The van der Waals surface area contributed by atoms with Crippen molar-refractivity contribution in [3.05, 3.63) is 22.4 Å². The maximum atomic E-state index is 12.0. The van der Waals surface area contributed by atoms with Gasteiger partial charge in [0.15, 0.2) is 0 Å². The summed E-state index contributed by atoms with van der Waals surface area (Å²) in [5.74, 6) is 0. The average molecular weight is 340 g/mol. The zero-order valence-electron chi connectivity index (χ0n) is 11.6. The summed E-state index contributed by atoms with van der Waals surface area (Å²) in [5, 5.41) is 0.213. The number of nitrogens with zero attached hydrogens (tertiary/aromatic N) is 2. The van der Waals surface area contributed by atoms with Gasteiger partial charge in [-0.25, -0.2) is 18.1 Å². The average Bonchev–Trinajstić information content (AvgIpc) is 2.42. The second kappa shape index (κ2) is 8.14. The van der Waals surface area contributed by atoms with Crippen LogP contribution in [0.2, 0.25) is 10.2 Å². The van der Waals surface area contributed by atoms with Gasteiger partial charge in [0.05, 0.1) is 5.02 Å². The zero-order valence-corrected chi connectivity index (χ0v) is 13.9. The second-order valence-electron chi connectivity index (χ2n) is 4.22. The molecule has 0 aromatic carbocycles. The van der Waals surface area contributed by atoms with E-state index in [0.29, 0.717) is 6.54 Å². The van der Waals surface area contributed by atoms with Gasteiger partial charge in [-0.1, -0.05) is 37.0 Å². The van der Waals surface area contributed by atoms with Gasteiger partial charge in [0, 0.05) is 12.7 Å². The molecule has 0 amide bonds. The Morgan fingerprint density at radius 3 is 2.50 bits per heavy atom. The molecule has 8 heteroatoms. The van der Waals surface area contributed by atoms with Crippen LogP contribution >= 0.6 is 23.2 Å². The third-order valence-electron chi connectivity index (χ3n) is 2.92. The molecule has 0 unspecified atom stereocenters. The number of hydrogen-bond acceptors (Lipinski definition) is 4. The van der Waals surface area contributed by atoms with E-state index in [1.165, 1.54) is 12.3 Å². The first kappa shape index (κ1) is 17.7. The van der Waals surface area contributed by atoms with Gasteiger partial charge < -0.3 is 4.90 Å². The zero-order chi connectivity index (χ0) is 15.2. The largest absolute Gasteiger partial charge is 0.304 e. The number of pyridine rings is 1. The lowest BCUT2D eigenvalue weighted by Gasteiger charge is -2.17. The first-order chi connectivity index (χ1) is 9.40. The summed E-state index contributed by atoms with van der Waals surface area (Å²) >= 11 is 11.4. The summed E-state index contributed by atoms with van der Waals surface area (Å²) in [6, 6.07) is 1.30. The van der Waals surface area contributed by atoms with Crippen molar-refractivity contribution in [1.82, 2.24) is 14.6 Å². The molecule has 0 aliphatic heterocycles. The van der Waals surface area contributed by atoms with Crippen LogP contribution in [0.3, 0.4) is 0 Å². The van der Waals surface area contributed by atoms with Gasteiger partial charge in [-0.2, -0.15) is 0 Å². The van der Waals surface area contributed by atoms with E-state index in [1.807, 2.05) is 0 Å². The van der Waals surface area contributed by atoms with Crippen molar-refractivity contribution in [2.24, 2.45) is 0 Å². The summed E-state index contributed by atoms with van der Waals surface area (Å²) in [7, 11) is -3.59. The van der Waals surface area contributed by atoms with Crippen LogP contribution in [0.25, 0.3) is 0 Å². The molecule has 114 valence electrons. The lowest BCUT2D eigenvalue weighted by Crippen LogP contribution is -2.30. The normalized spacial score (nSPS) is 12.1. The molecule has 1 aromatic rings. The molecule has 5 nitrogen and oxygen atoms in total. The molecule has 0 atom stereocenters. The molecular formula is C12H19Cl2N3O2S. The summed E-state index contributed by atoms with van der Waals surface area (Å²) in [4.78, 5) is 5.99. The minimum absolute atomic E-state index is 0.0229. The van der Waals surface area contributed by atoms with Gasteiger partial charge in [-0.15, -0.1) is 0 Å². The van der Waals surface area contributed by atoms with E-state index in [4.69, 9.17) is 23.2 Å². The highest BCUT2D eigenvalue weighted by Crippen LogP contribution is 2.21. The van der Waals surface area contributed by atoms with Crippen molar-refractivity contribution in [2.45, 2.75) is 25.2 Å². The highest BCUT2D eigenvalue weighted by Gasteiger charge is 2.15. The predicted octanol–water partition coefficient (Wildman–Crippen LogP) is 2.40. The molecule has 1 heterocycles. The van der Waals surface area contributed by atoms with Crippen LogP contribution in [0.1, 0.15) is 20.3 Å². The van der Waals surface area contributed by atoms with Crippen LogP contribution in [-0.4, -0.2) is 44.5 Å². The van der Waals surface area contributed by atoms with Crippen molar-refractivity contribution >= 4 is 33.2 Å². The summed E-state index contributed by atoms with van der Waals surface area (Å²) < 4.78 is 26.6. The molecule has 1 rings (SSSR count). The highest BCUT2D eigenvalue weighted by atomic mass is 35.5. The highest BCUT2D eigenvalue weighted by molar-refractivity contribution is 7.89. The minimum atomic E-state index is -3.59. The van der Waals surface area contributed by atoms with E-state index in [0.717, 1.165) is 26.1 Å². The quantitative estimate of drug-likeness (QED) is 0.583. The van der Waals surface area contributed by atoms with E-state index in [2.05, 4.69) is 28.5 Å². The molecule has 1 aromatic heterocycles. The summed E-state index contributed by atoms with van der Waals surface area (Å²) in [6.45, 7) is 7.30. The van der Waals surface area contributed by atoms with Gasteiger partial charge in [0.2, 0.25) is 10.0 Å². The predicted molar refractivity (Wildman–Crippen MR) is 81.9 cm³/mol. The Bertz CT molecular complexity index is 534. The third-order valence-corrected chi connectivity index (χ3v) is 5.03. The number of nitrogens with one attached hydrogen (secondary N) is 1. The molecular weight excluding hydrogens is 321 g/mol. The monoisotopic (exact) mass is 339 g/mol. The van der Waals surface area contributed by atoms with Gasteiger partial charge in [-0.05, 0) is 32.1 Å². The summed E-state index contributed by atoms with van der Waals surface area (Å²) in [6.07, 6.45) is 1.94. The number of rotatable bonds is 8. The van der Waals surface area contributed by atoms with E-state index in [9.17, 15) is 8.42 Å². The Kier molecular flexibility index (Phi) is 7.19. The Hall–Kier alpha value is -0.400. The number of sulfonamides is 1. The van der Waals surface area contributed by atoms with Gasteiger partial charge in [-0.3, -0.25) is 0 Å². The summed E-state index contributed by atoms with van der Waals surface area (Å²) in [5.41, 5.74) is 0. The Balaban J connectivity index is 2.55. The number of halogens is 2. The molecule has 0 radical (unpaired) electrons. The smallest absolute Gasteiger partial charge is 0.242 e. The fraction of sp³-hybridized carbons (Fsp3) is 0.583. The maximum absolute atomic E-state index is 12.0. The molecule has 0 spiro atoms. The van der Waals surface area contributed by atoms with Crippen molar-refractivity contribution in [2.75, 3.05) is 26.2 Å². The molecule has 1 N–H and O–H groups in total. The third kappa shape index (κ3) is 5.18. The van der Waals surface area contributed by atoms with Crippen LogP contribution < -0.4 is 4.72 Å². The van der Waals surface area contributed by atoms with E-state index in [1.54, 1.807) is 0 Å². The SMILES string of the molecule is CCN(CC)CCCNS(=O)(=O)c1cnc(Cl)c(Cl)c1. The van der Waals surface area contributed by atoms with Gasteiger partial charge in [0.1, 0.15) is 10.0 Å². The fourth-order valence-electron chi connectivity index (χ4n) is 1.68. The molecule has 0 aliphatic carbocycles. The number of aromatic nitrogens is 1. The first-order valence-electron chi connectivity index (χ1n) is 6.43. The van der Waals surface area contributed by atoms with Crippen LogP contribution in [0, 0.1) is 0 Å². The molecule has 0 saturated carbocycles. The van der Waals surface area contributed by atoms with E-state index in [-0.39, 0.29) is 15.1 Å². The molecule has 0 aliphatic rings. The van der Waals surface area contributed by atoms with Crippen LogP contribution in [0.15, 0.2) is 17.2 Å². The van der Waals surface area contributed by atoms with Crippen molar-refractivity contribution in [3.8, 4) is 0 Å². The topological polar surface area (TPSA) is 62.3 Å². The van der Waals surface area contributed by atoms with Crippen molar-refractivity contribution in [1.29, 1.82) is 0 Å². The standard InChI is InChI=1S/C12H19Cl2N3O2S/c1-3-17(4-2)7-5-6-16-20(18,19)10-8-11(13)12(14)15-9-10/h8-9,16H,3-7H2,1-2H3.